The van der Waals surface area contributed by atoms with Gasteiger partial charge in [0.25, 0.3) is 10.1 Å². The fraction of sp³-hybridized carbons (Fsp3) is 0.524. The van der Waals surface area contributed by atoms with Crippen LogP contribution < -0.4 is 38.5 Å². The lowest BCUT2D eigenvalue weighted by Crippen LogP contribution is -2.38. The smallest absolute Gasteiger partial charge is 0.264 e. The van der Waals surface area contributed by atoms with E-state index in [0.717, 1.165) is 83.2 Å². The second kappa shape index (κ2) is 41.2. The zero-order chi connectivity index (χ0) is 51.6. The number of aliphatic hydroxyl groups excluding tert-OH is 3. The topological polar surface area (TPSA) is 288 Å². The lowest BCUT2D eigenvalue weighted by Gasteiger charge is -2.26. The van der Waals surface area contributed by atoms with Gasteiger partial charge in [-0.1, -0.05) is 11.6 Å². The van der Waals surface area contributed by atoms with Crippen molar-refractivity contribution in [1.82, 2.24) is 30.2 Å². The monoisotopic (exact) mass is 1060 g/mol. The summed E-state index contributed by atoms with van der Waals surface area (Å²) in [5.41, 5.74) is 0. The maximum atomic E-state index is 10.6. The normalized spacial score (nSPS) is 12.9. The minimum absolute atomic E-state index is 0.00624. The molecule has 4 N–H and O–H groups in total. The molecule has 0 amide bonds. The predicted octanol–water partition coefficient (Wildman–Crippen LogP) is 2.21. The minimum atomic E-state index is -3.41. The number of morpholine rings is 2. The number of nitrogens with one attached hydrogen (secondary N) is 1. The number of rotatable bonds is 17. The Balaban J connectivity index is 0.000000824. The maximum absolute atomic E-state index is 10.6. The van der Waals surface area contributed by atoms with Crippen molar-refractivity contribution in [1.29, 1.82) is 0 Å². The van der Waals surface area contributed by atoms with Gasteiger partial charge in [-0.25, -0.2) is 28.4 Å². The number of pyridine rings is 4. The van der Waals surface area contributed by atoms with Crippen molar-refractivity contribution in [3.63, 3.8) is 0 Å². The molecule has 0 bridgehead atoms. The van der Waals surface area contributed by atoms with E-state index in [-0.39, 0.29) is 39.6 Å². The van der Waals surface area contributed by atoms with Gasteiger partial charge in [-0.05, 0) is 30.3 Å². The van der Waals surface area contributed by atoms with Crippen molar-refractivity contribution in [2.45, 2.75) is 0 Å². The van der Waals surface area contributed by atoms with Crippen LogP contribution in [0.5, 0.6) is 40.6 Å². The Morgan fingerprint density at radius 2 is 0.971 bits per heavy atom. The molecule has 4 aromatic rings. The highest BCUT2D eigenvalue weighted by Gasteiger charge is 2.10. The number of methoxy groups -OCH3 is 4. The molecule has 27 heteroatoms. The van der Waals surface area contributed by atoms with Gasteiger partial charge in [0.05, 0.1) is 112 Å². The highest BCUT2D eigenvalue weighted by molar-refractivity contribution is 8.13. The van der Waals surface area contributed by atoms with Crippen LogP contribution in [-0.2, 0) is 32.8 Å². The lowest BCUT2D eigenvalue weighted by molar-refractivity contribution is 0.0320. The molecule has 69 heavy (non-hydrogen) atoms. The molecule has 0 saturated carbocycles. The molecule has 0 radical (unpaired) electrons. The van der Waals surface area contributed by atoms with E-state index in [2.05, 4.69) is 45.0 Å². The summed E-state index contributed by atoms with van der Waals surface area (Å²) in [5, 5.41) is 27.3. The summed E-state index contributed by atoms with van der Waals surface area (Å²) < 4.78 is 90.2. The van der Waals surface area contributed by atoms with Crippen LogP contribution in [0.25, 0.3) is 0 Å². The molecule has 392 valence electrons. The first kappa shape index (κ1) is 64.4. The third-order valence-electron chi connectivity index (χ3n) is 7.45. The van der Waals surface area contributed by atoms with Crippen molar-refractivity contribution in [3.05, 3.63) is 78.5 Å². The second-order valence-electron chi connectivity index (χ2n) is 12.9. The largest absolute Gasteiger partial charge is 0.495 e. The van der Waals surface area contributed by atoms with E-state index in [0.29, 0.717) is 40.9 Å². The number of hydrogen-bond acceptors (Lipinski definition) is 23. The van der Waals surface area contributed by atoms with Crippen LogP contribution in [-0.4, -0.2) is 203 Å². The van der Waals surface area contributed by atoms with Crippen molar-refractivity contribution >= 4 is 41.5 Å². The van der Waals surface area contributed by atoms with Gasteiger partial charge in [-0.2, -0.15) is 8.42 Å². The third kappa shape index (κ3) is 40.9. The van der Waals surface area contributed by atoms with Crippen LogP contribution in [0, 0.1) is 0 Å². The fourth-order valence-electron chi connectivity index (χ4n) is 4.30. The van der Waals surface area contributed by atoms with Gasteiger partial charge in [0.2, 0.25) is 26.7 Å². The van der Waals surface area contributed by atoms with Crippen LogP contribution >= 0.6 is 22.3 Å². The lowest BCUT2D eigenvalue weighted by atomic mass is 10.4. The molecule has 2 saturated heterocycles. The number of aromatic nitrogens is 4. The Hall–Kier alpha value is -4.64. The standard InChI is InChI=1S/C12H18N2O3.C9H13NO5S.C8H11NO3.C6H6ClNO.C4H9NO.C2H6O2.CH3ClO2S/c1-15-11-2-3-12(13-10-11)17-9-6-14-4-7-16-8-5-14;1-13-8-3-4-9(10-7-8)14-5-6-15-16(2,11)12;1-11-7-2-3-8(9-6-7)12-5-4-10;1-9-5-2-3-6(7)8-4-5;1-3-6-4-2-5-1;3-1-2-4;1-5(2,3)4/h2-3,10H,4-9H2,1H3;3-4,7H,5-6H2,1-2H3;2-3,6,10H,4-5H2,1H3;2-4H,1H3;5H,1-4H2;3-4H,1-2H2;1H3. The van der Waals surface area contributed by atoms with Crippen LogP contribution in [0.3, 0.4) is 0 Å². The molecule has 6 heterocycles. The zero-order valence-corrected chi connectivity index (χ0v) is 42.8. The van der Waals surface area contributed by atoms with E-state index >= 15 is 0 Å². The fourth-order valence-corrected chi connectivity index (χ4v) is 4.79. The van der Waals surface area contributed by atoms with E-state index in [1.165, 1.54) is 13.3 Å². The first-order valence-corrected chi connectivity index (χ1v) is 25.6. The number of ether oxygens (including phenoxy) is 9. The number of aliphatic hydroxyl groups is 3. The summed E-state index contributed by atoms with van der Waals surface area (Å²) >= 11 is 5.50. The first-order valence-electron chi connectivity index (χ1n) is 20.7. The molecule has 2 aliphatic heterocycles. The Labute approximate surface area is 414 Å². The summed E-state index contributed by atoms with van der Waals surface area (Å²) in [6.07, 6.45) is 8.21. The van der Waals surface area contributed by atoms with Crippen molar-refractivity contribution in [2.75, 3.05) is 146 Å². The van der Waals surface area contributed by atoms with Gasteiger partial charge < -0.3 is 63.3 Å². The summed E-state index contributed by atoms with van der Waals surface area (Å²) in [5.74, 6) is 4.29. The number of nitrogens with zero attached hydrogens (tertiary/aromatic N) is 5. The molecule has 0 atom stereocenters. The molecule has 4 aromatic heterocycles. The maximum Gasteiger partial charge on any atom is 0.264 e. The average molecular weight is 1060 g/mol. The van der Waals surface area contributed by atoms with Gasteiger partial charge >= 0.3 is 0 Å². The molecule has 23 nitrogen and oxygen atoms in total. The molecule has 0 unspecified atom stereocenters. The average Bonchev–Trinajstić information content (AvgIpc) is 3.36. The van der Waals surface area contributed by atoms with E-state index < -0.39 is 19.2 Å². The predicted molar refractivity (Wildman–Crippen MR) is 258 cm³/mol. The molecule has 0 aromatic carbocycles. The van der Waals surface area contributed by atoms with Crippen LogP contribution in [0.1, 0.15) is 0 Å². The number of hydrogen-bond donors (Lipinski definition) is 4. The molecule has 2 aliphatic rings. The van der Waals surface area contributed by atoms with E-state index in [1.807, 2.05) is 12.1 Å². The minimum Gasteiger partial charge on any atom is -0.495 e. The summed E-state index contributed by atoms with van der Waals surface area (Å²) in [6.45, 7) is 9.10. The Kier molecular flexibility index (Phi) is 38.4. The summed E-state index contributed by atoms with van der Waals surface area (Å²) in [6, 6.07) is 13.9. The highest BCUT2D eigenvalue weighted by Crippen LogP contribution is 2.15. The van der Waals surface area contributed by atoms with Crippen molar-refractivity contribution in [2.24, 2.45) is 0 Å². The summed E-state index contributed by atoms with van der Waals surface area (Å²) in [4.78, 5) is 18.1. The molecule has 0 aliphatic carbocycles. The SMILES string of the molecule is C1COCCN1.COc1ccc(Cl)nc1.COc1ccc(OCCN2CCOCC2)nc1.COc1ccc(OCCO)nc1.COc1ccc(OCCOS(C)(=O)=O)nc1.CS(=O)(=O)Cl.OCCO. The van der Waals surface area contributed by atoms with E-state index in [1.54, 1.807) is 76.3 Å². The van der Waals surface area contributed by atoms with E-state index in [9.17, 15) is 16.8 Å². The van der Waals surface area contributed by atoms with Gasteiger partial charge in [0, 0.05) is 61.6 Å². The molecular weight excluding hydrogens is 996 g/mol. The van der Waals surface area contributed by atoms with Gasteiger partial charge in [-0.15, -0.1) is 0 Å². The Morgan fingerprint density at radius 1 is 0.580 bits per heavy atom. The summed E-state index contributed by atoms with van der Waals surface area (Å²) in [7, 11) is 4.22. The van der Waals surface area contributed by atoms with Gasteiger partial charge in [-0.3, -0.25) is 9.08 Å². The third-order valence-corrected chi connectivity index (χ3v) is 8.27. The second-order valence-corrected chi connectivity index (χ2v) is 17.9. The highest BCUT2D eigenvalue weighted by atomic mass is 35.7. The number of halogens is 2. The Morgan fingerprint density at radius 3 is 1.28 bits per heavy atom. The molecular formula is C42H66Cl2N6O17S2. The van der Waals surface area contributed by atoms with E-state index in [4.69, 9.17) is 69.6 Å². The quantitative estimate of drug-likeness (QED) is 0.0510. The van der Waals surface area contributed by atoms with Crippen molar-refractivity contribution < 1.29 is 79.0 Å². The molecule has 6 rings (SSSR count). The van der Waals surface area contributed by atoms with Crippen LogP contribution in [0.2, 0.25) is 5.15 Å². The van der Waals surface area contributed by atoms with Crippen LogP contribution in [0.4, 0.5) is 0 Å². The molecule has 0 spiro atoms. The zero-order valence-electron chi connectivity index (χ0n) is 39.6. The van der Waals surface area contributed by atoms with Gasteiger partial charge in [0.1, 0.15) is 54.6 Å². The first-order chi connectivity index (χ1) is 33.0. The molecule has 2 fully saturated rings. The Bertz CT molecular complexity index is 2010. The van der Waals surface area contributed by atoms with Gasteiger partial charge in [0.15, 0.2) is 0 Å². The van der Waals surface area contributed by atoms with Crippen LogP contribution in [0.15, 0.2) is 73.3 Å². The van der Waals surface area contributed by atoms with Crippen molar-refractivity contribution in [3.8, 4) is 40.6 Å².